The fraction of sp³-hybridized carbons (Fsp3) is 0.462. The molecule has 0 aromatic carbocycles. The molecule has 19 heavy (non-hydrogen) atoms. The first-order chi connectivity index (χ1) is 9.38. The fourth-order valence-corrected chi connectivity index (χ4v) is 4.61. The Bertz CT molecular complexity index is 473. The molecule has 2 rings (SSSR count). The molecule has 0 amide bonds. The summed E-state index contributed by atoms with van der Waals surface area (Å²) >= 11 is 5.28. The van der Waals surface area contributed by atoms with Gasteiger partial charge in [0.25, 0.3) is 0 Å². The van der Waals surface area contributed by atoms with Gasteiger partial charge < -0.3 is 0 Å². The van der Waals surface area contributed by atoms with Gasteiger partial charge in [0, 0.05) is 23.4 Å². The molecule has 2 aromatic heterocycles. The number of aromatic nitrogens is 3. The minimum absolute atomic E-state index is 0.976. The zero-order chi connectivity index (χ0) is 13.3. The normalized spacial score (nSPS) is 10.8. The number of thioether (sulfide) groups is 2. The first-order valence-electron chi connectivity index (χ1n) is 6.37. The van der Waals surface area contributed by atoms with Crippen molar-refractivity contribution in [3.63, 3.8) is 0 Å². The molecule has 0 aliphatic carbocycles. The summed E-state index contributed by atoms with van der Waals surface area (Å²) in [6.45, 7) is 2.21. The van der Waals surface area contributed by atoms with Crippen molar-refractivity contribution in [3.05, 3.63) is 30.1 Å². The number of hydrogen-bond acceptors (Lipinski definition) is 6. The van der Waals surface area contributed by atoms with Gasteiger partial charge >= 0.3 is 0 Å². The van der Waals surface area contributed by atoms with E-state index in [2.05, 4.69) is 28.2 Å². The average molecular weight is 312 g/mol. The summed E-state index contributed by atoms with van der Waals surface area (Å²) in [5, 5.41) is 8.43. The van der Waals surface area contributed by atoms with Crippen LogP contribution in [-0.4, -0.2) is 26.7 Å². The molecule has 0 saturated carbocycles. The van der Waals surface area contributed by atoms with Crippen LogP contribution < -0.4 is 0 Å². The van der Waals surface area contributed by atoms with Crippen LogP contribution in [0, 0.1) is 0 Å². The van der Waals surface area contributed by atoms with E-state index in [1.807, 2.05) is 30.1 Å². The molecule has 102 valence electrons. The smallest absolute Gasteiger partial charge is 0.175 e. The van der Waals surface area contributed by atoms with Gasteiger partial charge in [-0.15, -0.1) is 10.2 Å². The van der Waals surface area contributed by atoms with E-state index in [9.17, 15) is 0 Å². The minimum Gasteiger partial charge on any atom is -0.261 e. The van der Waals surface area contributed by atoms with Crippen LogP contribution in [0.5, 0.6) is 0 Å². The maximum absolute atomic E-state index is 4.31. The summed E-state index contributed by atoms with van der Waals surface area (Å²) in [7, 11) is 0. The molecule has 2 heterocycles. The lowest BCUT2D eigenvalue weighted by Gasteiger charge is -1.97. The second-order valence-corrected chi connectivity index (χ2v) is 7.62. The fourth-order valence-electron chi connectivity index (χ4n) is 1.41. The molecule has 0 atom stereocenters. The van der Waals surface area contributed by atoms with Crippen LogP contribution in [0.15, 0.2) is 33.1 Å². The Hall–Kier alpha value is -0.590. The second kappa shape index (κ2) is 8.55. The van der Waals surface area contributed by atoms with Crippen molar-refractivity contribution in [3.8, 4) is 0 Å². The van der Waals surface area contributed by atoms with Crippen molar-refractivity contribution >= 4 is 34.9 Å². The molecule has 0 saturated heterocycles. The monoisotopic (exact) mass is 311 g/mol. The van der Waals surface area contributed by atoms with E-state index >= 15 is 0 Å². The van der Waals surface area contributed by atoms with E-state index in [1.165, 1.54) is 12.8 Å². The van der Waals surface area contributed by atoms with Gasteiger partial charge in [-0.05, 0) is 25.0 Å². The van der Waals surface area contributed by atoms with Crippen LogP contribution in [0.1, 0.15) is 25.5 Å². The zero-order valence-electron chi connectivity index (χ0n) is 10.9. The summed E-state index contributed by atoms with van der Waals surface area (Å²) in [5.41, 5.74) is 1.14. The zero-order valence-corrected chi connectivity index (χ0v) is 13.4. The van der Waals surface area contributed by atoms with Gasteiger partial charge in [-0.25, -0.2) is 0 Å². The van der Waals surface area contributed by atoms with Crippen molar-refractivity contribution in [1.82, 2.24) is 15.2 Å². The molecular formula is C13H17N3S3. The van der Waals surface area contributed by atoms with Gasteiger partial charge in [-0.2, -0.15) is 0 Å². The highest BCUT2D eigenvalue weighted by Gasteiger charge is 2.05. The molecule has 0 fully saturated rings. The molecular weight excluding hydrogens is 294 g/mol. The maximum Gasteiger partial charge on any atom is 0.175 e. The molecule has 3 nitrogen and oxygen atoms in total. The Morgan fingerprint density at radius 2 is 1.89 bits per heavy atom. The number of hydrogen-bond donors (Lipinski definition) is 0. The number of rotatable bonds is 8. The predicted octanol–water partition coefficient (Wildman–Crippen LogP) is 4.16. The lowest BCUT2D eigenvalue weighted by atomic mass is 10.3. The van der Waals surface area contributed by atoms with Crippen molar-refractivity contribution in [1.29, 1.82) is 0 Å². The van der Waals surface area contributed by atoms with Gasteiger partial charge in [0.1, 0.15) is 0 Å². The van der Waals surface area contributed by atoms with Crippen molar-refractivity contribution in [2.24, 2.45) is 0 Å². The quantitative estimate of drug-likeness (QED) is 0.540. The van der Waals surface area contributed by atoms with E-state index in [-0.39, 0.29) is 0 Å². The summed E-state index contributed by atoms with van der Waals surface area (Å²) in [5.74, 6) is 2.15. The van der Waals surface area contributed by atoms with Gasteiger partial charge in [-0.3, -0.25) is 4.98 Å². The lowest BCUT2D eigenvalue weighted by Crippen LogP contribution is -1.91. The highest BCUT2D eigenvalue weighted by molar-refractivity contribution is 8.03. The second-order valence-electron chi connectivity index (χ2n) is 3.96. The SMILES string of the molecule is CCCCSc1nnc(SCCc2ccccn2)s1. The van der Waals surface area contributed by atoms with Gasteiger partial charge in [0.05, 0.1) is 0 Å². The van der Waals surface area contributed by atoms with E-state index < -0.39 is 0 Å². The number of nitrogens with zero attached hydrogens (tertiary/aromatic N) is 3. The predicted molar refractivity (Wildman–Crippen MR) is 84.2 cm³/mol. The Balaban J connectivity index is 1.71. The molecule has 0 aliphatic rings. The molecule has 6 heteroatoms. The van der Waals surface area contributed by atoms with E-state index in [0.29, 0.717) is 0 Å². The summed E-state index contributed by atoms with van der Waals surface area (Å²) in [6.07, 6.45) is 5.29. The Morgan fingerprint density at radius 3 is 2.58 bits per heavy atom. The standard InChI is InChI=1S/C13H17N3S3/c1-2-3-9-17-12-15-16-13(19-12)18-10-7-11-6-4-5-8-14-11/h4-6,8H,2-3,7,9-10H2,1H3. The van der Waals surface area contributed by atoms with Crippen LogP contribution in [0.3, 0.4) is 0 Å². The van der Waals surface area contributed by atoms with E-state index in [1.54, 1.807) is 23.1 Å². The summed E-state index contributed by atoms with van der Waals surface area (Å²) in [4.78, 5) is 4.31. The third-order valence-electron chi connectivity index (χ3n) is 2.42. The summed E-state index contributed by atoms with van der Waals surface area (Å²) in [6, 6.07) is 6.04. The number of aryl methyl sites for hydroxylation is 1. The van der Waals surface area contributed by atoms with Crippen LogP contribution in [0.4, 0.5) is 0 Å². The van der Waals surface area contributed by atoms with Crippen molar-refractivity contribution in [2.45, 2.75) is 34.9 Å². The van der Waals surface area contributed by atoms with Crippen molar-refractivity contribution in [2.75, 3.05) is 11.5 Å². The molecule has 0 unspecified atom stereocenters. The third kappa shape index (κ3) is 5.50. The third-order valence-corrected chi connectivity index (χ3v) is 5.70. The number of pyridine rings is 1. The van der Waals surface area contributed by atoms with Crippen LogP contribution in [-0.2, 0) is 6.42 Å². The van der Waals surface area contributed by atoms with Crippen LogP contribution in [0.2, 0.25) is 0 Å². The molecule has 2 aromatic rings. The van der Waals surface area contributed by atoms with Gasteiger partial charge in [0.15, 0.2) is 8.68 Å². The first kappa shape index (κ1) is 14.8. The maximum atomic E-state index is 4.31. The van der Waals surface area contributed by atoms with Crippen molar-refractivity contribution < 1.29 is 0 Å². The Morgan fingerprint density at radius 1 is 1.11 bits per heavy atom. The molecule has 0 bridgehead atoms. The first-order valence-corrected chi connectivity index (χ1v) is 9.16. The van der Waals surface area contributed by atoms with E-state index in [4.69, 9.17) is 0 Å². The lowest BCUT2D eigenvalue weighted by molar-refractivity contribution is 0.892. The molecule has 0 radical (unpaired) electrons. The van der Waals surface area contributed by atoms with Gasteiger partial charge in [-0.1, -0.05) is 54.3 Å². The molecule has 0 spiro atoms. The molecule has 0 N–H and O–H groups in total. The summed E-state index contributed by atoms with van der Waals surface area (Å²) < 4.78 is 2.16. The Kier molecular flexibility index (Phi) is 6.67. The highest BCUT2D eigenvalue weighted by Crippen LogP contribution is 2.29. The largest absolute Gasteiger partial charge is 0.261 e. The Labute approximate surface area is 126 Å². The van der Waals surface area contributed by atoms with E-state index in [0.717, 1.165) is 32.3 Å². The van der Waals surface area contributed by atoms with Crippen LogP contribution >= 0.6 is 34.9 Å². The molecule has 0 aliphatic heterocycles. The van der Waals surface area contributed by atoms with Crippen LogP contribution in [0.25, 0.3) is 0 Å². The average Bonchev–Trinajstić information content (AvgIpc) is 2.88. The van der Waals surface area contributed by atoms with Gasteiger partial charge in [0.2, 0.25) is 0 Å². The topological polar surface area (TPSA) is 38.7 Å². The highest BCUT2D eigenvalue weighted by atomic mass is 32.2. The number of unbranched alkanes of at least 4 members (excludes halogenated alkanes) is 1. The minimum atomic E-state index is 0.976.